The van der Waals surface area contributed by atoms with E-state index in [4.69, 9.17) is 19.6 Å². The quantitative estimate of drug-likeness (QED) is 0.0694. The summed E-state index contributed by atoms with van der Waals surface area (Å²) in [6, 6.07) is 0. The van der Waals surface area contributed by atoms with Crippen LogP contribution in [0.2, 0.25) is 0 Å². The van der Waals surface area contributed by atoms with Crippen molar-refractivity contribution >= 4 is 15.2 Å². The molecule has 0 radical (unpaired) electrons. The third-order valence-electron chi connectivity index (χ3n) is 6.82. The molecule has 0 atom stereocenters. The molecule has 0 aliphatic rings. The summed E-state index contributed by atoms with van der Waals surface area (Å²) in [5.74, 6) is 0. The van der Waals surface area contributed by atoms with E-state index < -0.39 is 15.2 Å². The van der Waals surface area contributed by atoms with Crippen LogP contribution >= 0.6 is 15.2 Å². The zero-order valence-corrected chi connectivity index (χ0v) is 25.2. The predicted molar refractivity (Wildman–Crippen MR) is 152 cm³/mol. The standard InChI is InChI=1S/C26H58N2O6P2/c1-3-4-5-6-7-8-9-10-11-12-13-14-15-16-17-18-20-27(2)21-19-22-28(23-25-35(29,30)31)24-26-36(32,33)34/h3-26H2,1-2H3,(H2,29,30,31)(H2,32,33,34). The first-order valence-corrected chi connectivity index (χ1v) is 18.1. The smallest absolute Gasteiger partial charge is 0.324 e. The van der Waals surface area contributed by atoms with Crippen molar-refractivity contribution in [3.63, 3.8) is 0 Å². The van der Waals surface area contributed by atoms with Crippen LogP contribution in [0.1, 0.15) is 116 Å². The van der Waals surface area contributed by atoms with Crippen molar-refractivity contribution in [3.05, 3.63) is 0 Å². The molecule has 0 spiro atoms. The first kappa shape index (κ1) is 36.2. The van der Waals surface area contributed by atoms with Crippen LogP contribution in [0.15, 0.2) is 0 Å². The monoisotopic (exact) mass is 556 g/mol. The van der Waals surface area contributed by atoms with E-state index in [0.29, 0.717) is 6.54 Å². The largest absolute Gasteiger partial charge is 0.326 e. The average Bonchev–Trinajstić information content (AvgIpc) is 2.79. The predicted octanol–water partition coefficient (Wildman–Crippen LogP) is 6.23. The molecule has 0 aromatic rings. The SMILES string of the molecule is CCCCCCCCCCCCCCCCCCN(C)CCCN(CCP(=O)(O)O)CCP(=O)(O)O. The summed E-state index contributed by atoms with van der Waals surface area (Å²) in [4.78, 5) is 40.4. The lowest BCUT2D eigenvalue weighted by atomic mass is 10.0. The highest BCUT2D eigenvalue weighted by molar-refractivity contribution is 7.52. The second-order valence-electron chi connectivity index (χ2n) is 10.6. The van der Waals surface area contributed by atoms with Crippen molar-refractivity contribution < 1.29 is 28.7 Å². The van der Waals surface area contributed by atoms with Gasteiger partial charge in [-0.25, -0.2) is 0 Å². The first-order chi connectivity index (χ1) is 17.0. The molecule has 10 heteroatoms. The molecule has 0 unspecified atom stereocenters. The molecule has 0 amide bonds. The second kappa shape index (κ2) is 23.1. The molecular weight excluding hydrogens is 498 g/mol. The maximum atomic E-state index is 11.2. The van der Waals surface area contributed by atoms with Gasteiger partial charge in [0.2, 0.25) is 0 Å². The van der Waals surface area contributed by atoms with Crippen molar-refractivity contribution in [2.24, 2.45) is 0 Å². The summed E-state index contributed by atoms with van der Waals surface area (Å²) in [7, 11) is -6.16. The van der Waals surface area contributed by atoms with Crippen LogP contribution < -0.4 is 0 Å². The molecular formula is C26H58N2O6P2. The van der Waals surface area contributed by atoms with Gasteiger partial charge in [0.25, 0.3) is 0 Å². The molecule has 0 aliphatic carbocycles. The number of unbranched alkanes of at least 4 members (excludes halogenated alkanes) is 15. The van der Waals surface area contributed by atoms with Gasteiger partial charge in [-0.15, -0.1) is 0 Å². The Labute approximate surface area is 221 Å². The summed E-state index contributed by atoms with van der Waals surface area (Å²) in [6.07, 6.45) is 22.0. The summed E-state index contributed by atoms with van der Waals surface area (Å²) in [5, 5.41) is 0. The van der Waals surface area contributed by atoms with Crippen LogP contribution in [0.4, 0.5) is 0 Å². The minimum atomic E-state index is -4.12. The van der Waals surface area contributed by atoms with Gasteiger partial charge in [0, 0.05) is 13.1 Å². The Balaban J connectivity index is 3.65. The van der Waals surface area contributed by atoms with Gasteiger partial charge in [0.1, 0.15) is 0 Å². The maximum Gasteiger partial charge on any atom is 0.326 e. The lowest BCUT2D eigenvalue weighted by Crippen LogP contribution is -2.33. The molecule has 218 valence electrons. The summed E-state index contributed by atoms with van der Waals surface area (Å²) < 4.78 is 22.3. The van der Waals surface area contributed by atoms with Crippen molar-refractivity contribution in [1.29, 1.82) is 0 Å². The number of nitrogens with zero attached hydrogens (tertiary/aromatic N) is 2. The average molecular weight is 557 g/mol. The first-order valence-electron chi connectivity index (χ1n) is 14.5. The lowest BCUT2D eigenvalue weighted by Gasteiger charge is -2.24. The van der Waals surface area contributed by atoms with Gasteiger partial charge in [-0.3, -0.25) is 9.13 Å². The molecule has 8 nitrogen and oxygen atoms in total. The molecule has 36 heavy (non-hydrogen) atoms. The highest BCUT2D eigenvalue weighted by Gasteiger charge is 2.19. The van der Waals surface area contributed by atoms with Crippen LogP contribution in [0.3, 0.4) is 0 Å². The number of hydrogen-bond acceptors (Lipinski definition) is 4. The Kier molecular flexibility index (Phi) is 23.3. The molecule has 0 aromatic carbocycles. The highest BCUT2D eigenvalue weighted by atomic mass is 31.2. The normalized spacial score (nSPS) is 12.8. The molecule has 0 rings (SSSR count). The number of hydrogen-bond donors (Lipinski definition) is 4. The fourth-order valence-corrected chi connectivity index (χ4v) is 5.57. The van der Waals surface area contributed by atoms with E-state index in [0.717, 1.165) is 19.5 Å². The summed E-state index contributed by atoms with van der Waals surface area (Å²) >= 11 is 0. The van der Waals surface area contributed by atoms with E-state index in [1.54, 1.807) is 4.90 Å². The lowest BCUT2D eigenvalue weighted by molar-refractivity contribution is 0.252. The Hall–Kier alpha value is 0.220. The van der Waals surface area contributed by atoms with Crippen molar-refractivity contribution in [3.8, 4) is 0 Å². The number of rotatable bonds is 27. The van der Waals surface area contributed by atoms with E-state index in [1.165, 1.54) is 103 Å². The second-order valence-corrected chi connectivity index (χ2v) is 14.1. The van der Waals surface area contributed by atoms with Crippen molar-refractivity contribution in [2.45, 2.75) is 116 Å². The molecule has 4 N–H and O–H groups in total. The molecule has 0 saturated heterocycles. The summed E-state index contributed by atoms with van der Waals surface area (Å²) in [5.41, 5.74) is 0. The molecule has 0 saturated carbocycles. The minimum Gasteiger partial charge on any atom is -0.324 e. The molecule has 0 heterocycles. The highest BCUT2D eigenvalue weighted by Crippen LogP contribution is 2.35. The van der Waals surface area contributed by atoms with E-state index >= 15 is 0 Å². The van der Waals surface area contributed by atoms with E-state index in [1.807, 2.05) is 0 Å². The fraction of sp³-hybridized carbons (Fsp3) is 1.00. The van der Waals surface area contributed by atoms with Gasteiger partial charge in [0.05, 0.1) is 12.3 Å². The zero-order chi connectivity index (χ0) is 27.1. The Bertz CT molecular complexity index is 559. The third-order valence-corrected chi connectivity index (χ3v) is 8.39. The minimum absolute atomic E-state index is 0.146. The third kappa shape index (κ3) is 28.8. The van der Waals surface area contributed by atoms with Gasteiger partial charge in [-0.2, -0.15) is 0 Å². The molecule has 0 aromatic heterocycles. The van der Waals surface area contributed by atoms with Gasteiger partial charge >= 0.3 is 15.2 Å². The topological polar surface area (TPSA) is 122 Å². The fourth-order valence-electron chi connectivity index (χ4n) is 4.48. The molecule has 0 bridgehead atoms. The van der Waals surface area contributed by atoms with Gasteiger partial charge < -0.3 is 29.4 Å². The zero-order valence-electron chi connectivity index (χ0n) is 23.4. The van der Waals surface area contributed by atoms with Crippen LogP contribution in [-0.4, -0.2) is 81.5 Å². The Morgan fingerprint density at radius 3 is 1.17 bits per heavy atom. The molecule has 0 fully saturated rings. The Morgan fingerprint density at radius 2 is 0.806 bits per heavy atom. The summed E-state index contributed by atoms with van der Waals surface area (Å²) in [6.45, 7) is 5.03. The van der Waals surface area contributed by atoms with Gasteiger partial charge in [-0.1, -0.05) is 103 Å². The van der Waals surface area contributed by atoms with Crippen molar-refractivity contribution in [1.82, 2.24) is 9.80 Å². The van der Waals surface area contributed by atoms with Crippen molar-refractivity contribution in [2.75, 3.05) is 52.1 Å². The van der Waals surface area contributed by atoms with Crippen LogP contribution in [-0.2, 0) is 9.13 Å². The van der Waals surface area contributed by atoms with E-state index in [2.05, 4.69) is 18.9 Å². The van der Waals surface area contributed by atoms with Crippen LogP contribution in [0, 0.1) is 0 Å². The van der Waals surface area contributed by atoms with Gasteiger partial charge in [0.15, 0.2) is 0 Å². The van der Waals surface area contributed by atoms with Gasteiger partial charge in [-0.05, 0) is 39.5 Å². The van der Waals surface area contributed by atoms with E-state index in [-0.39, 0.29) is 25.4 Å². The van der Waals surface area contributed by atoms with Crippen LogP contribution in [0.25, 0.3) is 0 Å². The maximum absolute atomic E-state index is 11.2. The van der Waals surface area contributed by atoms with E-state index in [9.17, 15) is 9.13 Å². The van der Waals surface area contributed by atoms with Crippen LogP contribution in [0.5, 0.6) is 0 Å². The Morgan fingerprint density at radius 1 is 0.472 bits per heavy atom. The molecule has 0 aliphatic heterocycles.